The number of benzene rings is 3. The van der Waals surface area contributed by atoms with Crippen LogP contribution in [0.15, 0.2) is 97.6 Å². The molecule has 0 saturated heterocycles. The Morgan fingerprint density at radius 1 is 0.700 bits per heavy atom. The highest BCUT2D eigenvalue weighted by molar-refractivity contribution is 5.91. The molecule has 0 radical (unpaired) electrons. The lowest BCUT2D eigenvalue weighted by molar-refractivity contribution is 0.813. The van der Waals surface area contributed by atoms with Crippen LogP contribution >= 0.6 is 0 Å². The topological polar surface area (TPSA) is 43.6 Å². The molecule has 144 valence electrons. The molecular weight excluding hydrogens is 368 g/mol. The van der Waals surface area contributed by atoms with E-state index in [2.05, 4.69) is 68.1 Å². The number of rotatable bonds is 5. The van der Waals surface area contributed by atoms with Gasteiger partial charge in [-0.25, -0.2) is 15.0 Å². The van der Waals surface area contributed by atoms with E-state index in [1.807, 2.05) is 54.9 Å². The molecule has 0 aliphatic rings. The van der Waals surface area contributed by atoms with Gasteiger partial charge in [-0.3, -0.25) is 0 Å². The molecule has 30 heavy (non-hydrogen) atoms. The Kier molecular flexibility index (Phi) is 4.88. The minimum Gasteiger partial charge on any atom is -0.311 e. The number of aromatic nitrogens is 4. The molecule has 0 saturated carbocycles. The fraction of sp³-hybridized carbons (Fsp3) is 0.0385. The standard InChI is InChI=1S/C26H20N4/c1-3-9-20(10-4-1)15-16-22-13-7-8-14-23(22)24-25-26(28-18-27-24)30(19-29-25)17-21-11-5-2-6-12-21/h1-16,18-19H,17H2/b16-15+. The molecular formula is C26H20N4. The normalized spacial score (nSPS) is 11.3. The third kappa shape index (κ3) is 3.63. The monoisotopic (exact) mass is 388 g/mol. The number of imidazole rings is 1. The van der Waals surface area contributed by atoms with E-state index in [1.165, 1.54) is 5.56 Å². The first kappa shape index (κ1) is 18.0. The summed E-state index contributed by atoms with van der Waals surface area (Å²) in [6.07, 6.45) is 7.71. The van der Waals surface area contributed by atoms with Crippen molar-refractivity contribution in [1.29, 1.82) is 0 Å². The van der Waals surface area contributed by atoms with Gasteiger partial charge in [0, 0.05) is 5.56 Å². The largest absolute Gasteiger partial charge is 0.311 e. The van der Waals surface area contributed by atoms with Gasteiger partial charge in [0.1, 0.15) is 17.5 Å². The van der Waals surface area contributed by atoms with Crippen molar-refractivity contribution in [3.05, 3.63) is 114 Å². The Bertz CT molecular complexity index is 1300. The highest BCUT2D eigenvalue weighted by Crippen LogP contribution is 2.28. The van der Waals surface area contributed by atoms with Crippen molar-refractivity contribution in [2.45, 2.75) is 6.54 Å². The van der Waals surface area contributed by atoms with Crippen molar-refractivity contribution < 1.29 is 0 Å². The van der Waals surface area contributed by atoms with Crippen molar-refractivity contribution in [2.24, 2.45) is 0 Å². The lowest BCUT2D eigenvalue weighted by Gasteiger charge is -2.07. The number of hydrogen-bond donors (Lipinski definition) is 0. The number of fused-ring (bicyclic) bond motifs is 1. The van der Waals surface area contributed by atoms with E-state index < -0.39 is 0 Å². The van der Waals surface area contributed by atoms with Gasteiger partial charge in [-0.15, -0.1) is 0 Å². The van der Waals surface area contributed by atoms with Crippen LogP contribution in [0.3, 0.4) is 0 Å². The average Bonchev–Trinajstić information content (AvgIpc) is 3.22. The zero-order valence-electron chi connectivity index (χ0n) is 16.4. The zero-order valence-corrected chi connectivity index (χ0v) is 16.4. The molecule has 0 atom stereocenters. The predicted octanol–water partition coefficient (Wildman–Crippen LogP) is 5.71. The second-order valence-corrected chi connectivity index (χ2v) is 7.08. The molecule has 0 spiro atoms. The third-order valence-electron chi connectivity index (χ3n) is 5.07. The maximum absolute atomic E-state index is 4.66. The van der Waals surface area contributed by atoms with Gasteiger partial charge in [0.15, 0.2) is 5.65 Å². The maximum Gasteiger partial charge on any atom is 0.164 e. The first-order chi connectivity index (χ1) is 14.9. The van der Waals surface area contributed by atoms with E-state index in [0.717, 1.165) is 40.1 Å². The first-order valence-corrected chi connectivity index (χ1v) is 9.91. The smallest absolute Gasteiger partial charge is 0.164 e. The third-order valence-corrected chi connectivity index (χ3v) is 5.07. The molecule has 0 unspecified atom stereocenters. The van der Waals surface area contributed by atoms with Gasteiger partial charge in [-0.05, 0) is 16.7 Å². The van der Waals surface area contributed by atoms with Crippen LogP contribution in [0.4, 0.5) is 0 Å². The molecule has 5 aromatic rings. The van der Waals surface area contributed by atoms with E-state index >= 15 is 0 Å². The fourth-order valence-corrected chi connectivity index (χ4v) is 3.58. The molecule has 0 bridgehead atoms. The van der Waals surface area contributed by atoms with E-state index in [4.69, 9.17) is 0 Å². The molecule has 4 heteroatoms. The van der Waals surface area contributed by atoms with Gasteiger partial charge in [-0.2, -0.15) is 0 Å². The highest BCUT2D eigenvalue weighted by atomic mass is 15.1. The van der Waals surface area contributed by atoms with Gasteiger partial charge in [0.25, 0.3) is 0 Å². The molecule has 5 rings (SSSR count). The summed E-state index contributed by atoms with van der Waals surface area (Å²) >= 11 is 0. The van der Waals surface area contributed by atoms with Crippen molar-refractivity contribution in [3.8, 4) is 11.3 Å². The van der Waals surface area contributed by atoms with Gasteiger partial charge in [0.05, 0.1) is 12.9 Å². The van der Waals surface area contributed by atoms with Crippen molar-refractivity contribution in [1.82, 2.24) is 19.5 Å². The minimum absolute atomic E-state index is 0.726. The fourth-order valence-electron chi connectivity index (χ4n) is 3.58. The van der Waals surface area contributed by atoms with Gasteiger partial charge < -0.3 is 4.57 Å². The zero-order chi connectivity index (χ0) is 20.2. The second-order valence-electron chi connectivity index (χ2n) is 7.08. The molecule has 0 aliphatic heterocycles. The number of nitrogens with zero attached hydrogens (tertiary/aromatic N) is 4. The summed E-state index contributed by atoms with van der Waals surface area (Å²) in [6, 6.07) is 28.9. The summed E-state index contributed by atoms with van der Waals surface area (Å²) in [6.45, 7) is 0.726. The SMILES string of the molecule is C(=C\c1ccccc1-c1ncnc2c1ncn2Cc1ccccc1)/c1ccccc1. The van der Waals surface area contributed by atoms with Crippen LogP contribution in [0, 0.1) is 0 Å². The lowest BCUT2D eigenvalue weighted by Crippen LogP contribution is -1.99. The van der Waals surface area contributed by atoms with Crippen molar-refractivity contribution in [3.63, 3.8) is 0 Å². The second kappa shape index (κ2) is 8.13. The molecule has 4 nitrogen and oxygen atoms in total. The van der Waals surface area contributed by atoms with Crippen molar-refractivity contribution in [2.75, 3.05) is 0 Å². The number of hydrogen-bond acceptors (Lipinski definition) is 3. The van der Waals surface area contributed by atoms with Crippen molar-refractivity contribution >= 4 is 23.3 Å². The summed E-state index contributed by atoms with van der Waals surface area (Å²) < 4.78 is 2.07. The molecule has 0 aliphatic carbocycles. The minimum atomic E-state index is 0.726. The molecule has 0 N–H and O–H groups in total. The lowest BCUT2D eigenvalue weighted by atomic mass is 10.0. The first-order valence-electron chi connectivity index (χ1n) is 9.91. The van der Waals surface area contributed by atoms with E-state index in [9.17, 15) is 0 Å². The Balaban J connectivity index is 1.55. The predicted molar refractivity (Wildman–Crippen MR) is 122 cm³/mol. The van der Waals surface area contributed by atoms with E-state index in [-0.39, 0.29) is 0 Å². The summed E-state index contributed by atoms with van der Waals surface area (Å²) in [5.74, 6) is 0. The van der Waals surface area contributed by atoms with Gasteiger partial charge in [-0.1, -0.05) is 97.1 Å². The molecule has 2 heterocycles. The molecule has 2 aromatic heterocycles. The quantitative estimate of drug-likeness (QED) is 0.362. The van der Waals surface area contributed by atoms with E-state index in [1.54, 1.807) is 6.33 Å². The van der Waals surface area contributed by atoms with Gasteiger partial charge >= 0.3 is 0 Å². The Hall–Kier alpha value is -4.05. The van der Waals surface area contributed by atoms with E-state index in [0.29, 0.717) is 0 Å². The van der Waals surface area contributed by atoms with Crippen LogP contribution in [0.2, 0.25) is 0 Å². The Morgan fingerprint density at radius 3 is 2.27 bits per heavy atom. The van der Waals surface area contributed by atoms with Gasteiger partial charge in [0.2, 0.25) is 0 Å². The van der Waals surface area contributed by atoms with Crippen LogP contribution in [0.25, 0.3) is 34.6 Å². The molecule has 0 fully saturated rings. The summed E-state index contributed by atoms with van der Waals surface area (Å²) in [4.78, 5) is 13.8. The summed E-state index contributed by atoms with van der Waals surface area (Å²) in [7, 11) is 0. The molecule has 3 aromatic carbocycles. The van der Waals surface area contributed by atoms with Crippen LogP contribution < -0.4 is 0 Å². The maximum atomic E-state index is 4.66. The van der Waals surface area contributed by atoms with Crippen LogP contribution in [-0.4, -0.2) is 19.5 Å². The summed E-state index contributed by atoms with van der Waals surface area (Å²) in [5, 5.41) is 0. The Morgan fingerprint density at radius 2 is 1.43 bits per heavy atom. The Labute approximate surface area is 175 Å². The average molecular weight is 388 g/mol. The molecule has 0 amide bonds. The van der Waals surface area contributed by atoms with Crippen LogP contribution in [0.1, 0.15) is 16.7 Å². The highest BCUT2D eigenvalue weighted by Gasteiger charge is 2.14. The van der Waals surface area contributed by atoms with Crippen LogP contribution in [0.5, 0.6) is 0 Å². The summed E-state index contributed by atoms with van der Waals surface area (Å²) in [5.41, 5.74) is 7.01. The van der Waals surface area contributed by atoms with Crippen LogP contribution in [-0.2, 0) is 6.54 Å².